The lowest BCUT2D eigenvalue weighted by Gasteiger charge is -2.18. The van der Waals surface area contributed by atoms with Crippen LogP contribution in [-0.2, 0) is 20.9 Å². The molecule has 0 aromatic heterocycles. The molecule has 2 aromatic carbocycles. The summed E-state index contributed by atoms with van der Waals surface area (Å²) in [6.07, 6.45) is 2.37. The Labute approximate surface area is 177 Å². The Hall–Kier alpha value is -2.87. The summed E-state index contributed by atoms with van der Waals surface area (Å²) in [5, 5.41) is 0. The SMILES string of the molecule is COc1ccc(CN(C)C(=O)COC(=O)/C=C/c2cc(Br)ccc2F)cc1OC. The third kappa shape index (κ3) is 6.60. The first-order valence-electron chi connectivity index (χ1n) is 8.58. The van der Waals surface area contributed by atoms with E-state index in [0.29, 0.717) is 22.5 Å². The van der Waals surface area contributed by atoms with E-state index in [1.165, 1.54) is 30.2 Å². The lowest BCUT2D eigenvalue weighted by atomic mass is 10.2. The number of esters is 1. The fourth-order valence-electron chi connectivity index (χ4n) is 2.43. The van der Waals surface area contributed by atoms with Crippen LogP contribution in [0.3, 0.4) is 0 Å². The molecule has 0 saturated heterocycles. The summed E-state index contributed by atoms with van der Waals surface area (Å²) in [5.74, 6) is -0.439. The first kappa shape index (κ1) is 22.4. The Morgan fingerprint density at radius 1 is 1.10 bits per heavy atom. The van der Waals surface area contributed by atoms with Gasteiger partial charge < -0.3 is 19.1 Å². The van der Waals surface area contributed by atoms with Gasteiger partial charge in [0.15, 0.2) is 18.1 Å². The molecule has 154 valence electrons. The van der Waals surface area contributed by atoms with Gasteiger partial charge in [0.25, 0.3) is 5.91 Å². The second kappa shape index (κ2) is 10.6. The van der Waals surface area contributed by atoms with Crippen molar-refractivity contribution in [3.8, 4) is 11.5 Å². The van der Waals surface area contributed by atoms with E-state index in [1.807, 2.05) is 6.07 Å². The van der Waals surface area contributed by atoms with E-state index in [1.54, 1.807) is 32.4 Å². The molecule has 0 aliphatic rings. The van der Waals surface area contributed by atoms with Crippen LogP contribution in [0.2, 0.25) is 0 Å². The van der Waals surface area contributed by atoms with Crippen molar-refractivity contribution in [3.05, 3.63) is 63.9 Å². The van der Waals surface area contributed by atoms with Gasteiger partial charge in [0, 0.05) is 29.7 Å². The van der Waals surface area contributed by atoms with E-state index >= 15 is 0 Å². The van der Waals surface area contributed by atoms with E-state index in [4.69, 9.17) is 14.2 Å². The van der Waals surface area contributed by atoms with Gasteiger partial charge >= 0.3 is 5.97 Å². The molecule has 6 nitrogen and oxygen atoms in total. The van der Waals surface area contributed by atoms with Crippen LogP contribution in [0.1, 0.15) is 11.1 Å². The number of rotatable bonds is 8. The second-order valence-corrected chi connectivity index (χ2v) is 6.96. The Bertz CT molecular complexity index is 916. The Morgan fingerprint density at radius 2 is 1.83 bits per heavy atom. The van der Waals surface area contributed by atoms with Crippen molar-refractivity contribution in [2.45, 2.75) is 6.54 Å². The van der Waals surface area contributed by atoms with Gasteiger partial charge in [-0.2, -0.15) is 0 Å². The van der Waals surface area contributed by atoms with Gasteiger partial charge in [-0.05, 0) is 42.0 Å². The van der Waals surface area contributed by atoms with Crippen molar-refractivity contribution >= 4 is 33.9 Å². The summed E-state index contributed by atoms with van der Waals surface area (Å²) in [5.41, 5.74) is 1.06. The number of carbonyl (C=O) groups excluding carboxylic acids is 2. The summed E-state index contributed by atoms with van der Waals surface area (Å²) in [4.78, 5) is 25.4. The molecule has 0 radical (unpaired) electrons. The van der Waals surface area contributed by atoms with Crippen molar-refractivity contribution in [1.82, 2.24) is 4.90 Å². The minimum Gasteiger partial charge on any atom is -0.493 e. The van der Waals surface area contributed by atoms with Gasteiger partial charge in [-0.25, -0.2) is 9.18 Å². The quantitative estimate of drug-likeness (QED) is 0.437. The molecule has 2 aromatic rings. The maximum Gasteiger partial charge on any atom is 0.331 e. The highest BCUT2D eigenvalue weighted by atomic mass is 79.9. The number of hydrogen-bond donors (Lipinski definition) is 0. The van der Waals surface area contributed by atoms with E-state index in [-0.39, 0.29) is 11.5 Å². The monoisotopic (exact) mass is 465 g/mol. The van der Waals surface area contributed by atoms with Gasteiger partial charge in [-0.15, -0.1) is 0 Å². The topological polar surface area (TPSA) is 65.1 Å². The maximum atomic E-state index is 13.6. The third-order valence-electron chi connectivity index (χ3n) is 3.99. The number of amides is 1. The highest BCUT2D eigenvalue weighted by molar-refractivity contribution is 9.10. The number of carbonyl (C=O) groups is 2. The first-order valence-corrected chi connectivity index (χ1v) is 9.38. The van der Waals surface area contributed by atoms with Gasteiger partial charge in [-0.1, -0.05) is 22.0 Å². The maximum absolute atomic E-state index is 13.6. The molecule has 0 saturated carbocycles. The van der Waals surface area contributed by atoms with E-state index in [0.717, 1.165) is 11.6 Å². The summed E-state index contributed by atoms with van der Waals surface area (Å²) >= 11 is 3.23. The van der Waals surface area contributed by atoms with Crippen molar-refractivity contribution in [2.24, 2.45) is 0 Å². The normalized spacial score (nSPS) is 10.7. The summed E-state index contributed by atoms with van der Waals surface area (Å²) in [6, 6.07) is 9.69. The van der Waals surface area contributed by atoms with Crippen LogP contribution in [0.15, 0.2) is 46.9 Å². The molecule has 2 rings (SSSR count). The third-order valence-corrected chi connectivity index (χ3v) is 4.48. The van der Waals surface area contributed by atoms with Crippen molar-refractivity contribution in [3.63, 3.8) is 0 Å². The van der Waals surface area contributed by atoms with Gasteiger partial charge in [0.1, 0.15) is 5.82 Å². The van der Waals surface area contributed by atoms with Crippen LogP contribution in [0, 0.1) is 5.82 Å². The van der Waals surface area contributed by atoms with Crippen molar-refractivity contribution in [2.75, 3.05) is 27.9 Å². The molecule has 0 bridgehead atoms. The minimum absolute atomic E-state index is 0.230. The highest BCUT2D eigenvalue weighted by Gasteiger charge is 2.13. The molecule has 0 spiro atoms. The van der Waals surface area contributed by atoms with Crippen molar-refractivity contribution < 1.29 is 28.2 Å². The summed E-state index contributed by atoms with van der Waals surface area (Å²) in [7, 11) is 4.67. The average molecular weight is 466 g/mol. The smallest absolute Gasteiger partial charge is 0.331 e. The molecular formula is C21H21BrFNO5. The van der Waals surface area contributed by atoms with Crippen molar-refractivity contribution in [1.29, 1.82) is 0 Å². The van der Waals surface area contributed by atoms with Gasteiger partial charge in [0.2, 0.25) is 0 Å². The Morgan fingerprint density at radius 3 is 2.52 bits per heavy atom. The van der Waals surface area contributed by atoms with Gasteiger partial charge in [0.05, 0.1) is 14.2 Å². The number of hydrogen-bond acceptors (Lipinski definition) is 5. The molecule has 29 heavy (non-hydrogen) atoms. The van der Waals surface area contributed by atoms with Crippen LogP contribution in [-0.4, -0.2) is 44.7 Å². The van der Waals surface area contributed by atoms with E-state index in [2.05, 4.69) is 15.9 Å². The molecule has 0 fully saturated rings. The van der Waals surface area contributed by atoms with E-state index < -0.39 is 18.4 Å². The predicted octanol–water partition coefficient (Wildman–Crippen LogP) is 3.82. The number of likely N-dealkylation sites (N-methyl/N-ethyl adjacent to an activating group) is 1. The van der Waals surface area contributed by atoms with Crippen LogP contribution in [0.5, 0.6) is 11.5 Å². The van der Waals surface area contributed by atoms with Crippen LogP contribution in [0.25, 0.3) is 6.08 Å². The zero-order valence-electron chi connectivity index (χ0n) is 16.3. The average Bonchev–Trinajstić information content (AvgIpc) is 2.72. The number of nitrogens with zero attached hydrogens (tertiary/aromatic N) is 1. The first-order chi connectivity index (χ1) is 13.8. The molecule has 8 heteroatoms. The Kier molecular flexibility index (Phi) is 8.21. The molecular weight excluding hydrogens is 445 g/mol. The molecule has 0 atom stereocenters. The minimum atomic E-state index is -0.739. The molecule has 0 aliphatic heterocycles. The summed E-state index contributed by atoms with van der Waals surface area (Å²) in [6.45, 7) is -0.121. The lowest BCUT2D eigenvalue weighted by molar-refractivity contribution is -0.147. The zero-order chi connectivity index (χ0) is 21.4. The largest absolute Gasteiger partial charge is 0.493 e. The molecule has 0 aliphatic carbocycles. The van der Waals surface area contributed by atoms with Crippen LogP contribution < -0.4 is 9.47 Å². The van der Waals surface area contributed by atoms with Crippen LogP contribution >= 0.6 is 15.9 Å². The lowest BCUT2D eigenvalue weighted by Crippen LogP contribution is -2.30. The molecule has 1 amide bonds. The standard InChI is InChI=1S/C21H21BrFNO5/c1-24(12-14-4-8-18(27-2)19(10-14)28-3)20(25)13-29-21(26)9-5-15-11-16(22)6-7-17(15)23/h4-11H,12-13H2,1-3H3/b9-5+. The highest BCUT2D eigenvalue weighted by Crippen LogP contribution is 2.27. The van der Waals surface area contributed by atoms with Gasteiger partial charge in [-0.3, -0.25) is 4.79 Å². The number of ether oxygens (including phenoxy) is 3. The number of methoxy groups -OCH3 is 2. The molecule has 0 unspecified atom stereocenters. The zero-order valence-corrected chi connectivity index (χ0v) is 17.9. The molecule has 0 N–H and O–H groups in total. The number of benzene rings is 2. The second-order valence-electron chi connectivity index (χ2n) is 6.05. The summed E-state index contributed by atoms with van der Waals surface area (Å²) < 4.78 is 29.7. The fourth-order valence-corrected chi connectivity index (χ4v) is 2.81. The predicted molar refractivity (Wildman–Crippen MR) is 110 cm³/mol. The van der Waals surface area contributed by atoms with Crippen LogP contribution in [0.4, 0.5) is 4.39 Å². The van der Waals surface area contributed by atoms with E-state index in [9.17, 15) is 14.0 Å². The molecule has 0 heterocycles. The number of halogens is 2. The Balaban J connectivity index is 1.88. The fraction of sp³-hybridized carbons (Fsp3) is 0.238.